The highest BCUT2D eigenvalue weighted by atomic mass is 35.5. The zero-order chi connectivity index (χ0) is 11.6. The smallest absolute Gasteiger partial charge is 0.258 e. The summed E-state index contributed by atoms with van der Waals surface area (Å²) in [6.45, 7) is 5.53. The predicted molar refractivity (Wildman–Crippen MR) is 58.4 cm³/mol. The quantitative estimate of drug-likeness (QED) is 0.464. The number of hydrogen-bond donors (Lipinski definition) is 2. The molecule has 6 heteroatoms. The van der Waals surface area contributed by atoms with Gasteiger partial charge in [-0.1, -0.05) is 18.5 Å². The van der Waals surface area contributed by atoms with Crippen molar-refractivity contribution < 1.29 is 4.79 Å². The van der Waals surface area contributed by atoms with Gasteiger partial charge in [-0.05, 0) is 20.3 Å². The van der Waals surface area contributed by atoms with Crippen molar-refractivity contribution in [3.05, 3.63) is 16.4 Å². The van der Waals surface area contributed by atoms with Crippen molar-refractivity contribution in [1.82, 2.24) is 15.2 Å². The van der Waals surface area contributed by atoms with Crippen LogP contribution in [-0.4, -0.2) is 15.7 Å². The number of carbonyl (C=O) groups excluding carboxylic acids is 1. The Hall–Kier alpha value is -1.07. The van der Waals surface area contributed by atoms with Crippen molar-refractivity contribution >= 4 is 17.5 Å². The predicted octanol–water partition coefficient (Wildman–Crippen LogP) is 1.09. The van der Waals surface area contributed by atoms with Gasteiger partial charge in [-0.2, -0.15) is 5.10 Å². The van der Waals surface area contributed by atoms with Crippen LogP contribution in [0.5, 0.6) is 0 Å². The van der Waals surface area contributed by atoms with E-state index in [-0.39, 0.29) is 5.91 Å². The molecule has 1 aromatic rings. The third kappa shape index (κ3) is 2.13. The fourth-order valence-corrected chi connectivity index (χ4v) is 1.64. The van der Waals surface area contributed by atoms with Gasteiger partial charge < -0.3 is 0 Å². The summed E-state index contributed by atoms with van der Waals surface area (Å²) in [6.07, 6.45) is 0.612. The molecule has 0 aromatic carbocycles. The molecule has 1 aromatic heterocycles. The number of hydrazine groups is 1. The van der Waals surface area contributed by atoms with Crippen molar-refractivity contribution in [3.8, 4) is 0 Å². The summed E-state index contributed by atoms with van der Waals surface area (Å²) in [4.78, 5) is 11.5. The molecule has 1 amide bonds. The molecule has 0 aliphatic rings. The van der Waals surface area contributed by atoms with E-state index in [1.54, 1.807) is 11.6 Å². The summed E-state index contributed by atoms with van der Waals surface area (Å²) < 4.78 is 1.61. The van der Waals surface area contributed by atoms with Crippen LogP contribution < -0.4 is 11.3 Å². The van der Waals surface area contributed by atoms with Crippen LogP contribution in [0.3, 0.4) is 0 Å². The minimum atomic E-state index is -0.402. The molecular formula is C9H15ClN4O. The molecule has 0 unspecified atom stereocenters. The molecule has 0 radical (unpaired) electrons. The first-order valence-corrected chi connectivity index (χ1v) is 5.12. The van der Waals surface area contributed by atoms with E-state index >= 15 is 0 Å². The minimum absolute atomic E-state index is 0.264. The molecule has 5 nitrogen and oxygen atoms in total. The molecule has 0 aliphatic heterocycles. The average Bonchev–Trinajstić information content (AvgIpc) is 2.47. The van der Waals surface area contributed by atoms with Gasteiger partial charge in [-0.15, -0.1) is 0 Å². The SMILES string of the molecule is CC[C@@H](C(=O)NN)n1nc(C)c(Cl)c1C. The number of hydrogen-bond acceptors (Lipinski definition) is 3. The summed E-state index contributed by atoms with van der Waals surface area (Å²) in [5, 5.41) is 4.81. The normalized spacial score (nSPS) is 12.6. The second kappa shape index (κ2) is 4.63. The first-order chi connectivity index (χ1) is 7.02. The Balaban J connectivity index is 3.13. The van der Waals surface area contributed by atoms with Crippen molar-refractivity contribution in [1.29, 1.82) is 0 Å². The average molecular weight is 231 g/mol. The van der Waals surface area contributed by atoms with E-state index in [1.807, 2.05) is 13.8 Å². The number of rotatable bonds is 3. The second-order valence-electron chi connectivity index (χ2n) is 3.36. The van der Waals surface area contributed by atoms with Crippen LogP contribution in [0.25, 0.3) is 0 Å². The van der Waals surface area contributed by atoms with E-state index in [4.69, 9.17) is 17.4 Å². The van der Waals surface area contributed by atoms with Crippen LogP contribution in [0.1, 0.15) is 30.8 Å². The largest absolute Gasteiger partial charge is 0.292 e. The third-order valence-electron chi connectivity index (χ3n) is 2.36. The number of nitrogens with zero attached hydrogens (tertiary/aromatic N) is 2. The van der Waals surface area contributed by atoms with Crippen LogP contribution in [0.2, 0.25) is 5.02 Å². The van der Waals surface area contributed by atoms with Gasteiger partial charge in [0.25, 0.3) is 5.91 Å². The zero-order valence-corrected chi connectivity index (χ0v) is 9.80. The Labute approximate surface area is 93.6 Å². The molecule has 84 valence electrons. The van der Waals surface area contributed by atoms with E-state index in [9.17, 15) is 4.79 Å². The Morgan fingerprint density at radius 1 is 1.67 bits per heavy atom. The monoisotopic (exact) mass is 230 g/mol. The number of aromatic nitrogens is 2. The molecule has 0 aliphatic carbocycles. The lowest BCUT2D eigenvalue weighted by Gasteiger charge is -2.15. The molecule has 0 saturated heterocycles. The maximum atomic E-state index is 11.5. The second-order valence-corrected chi connectivity index (χ2v) is 3.74. The first kappa shape index (κ1) is 12.0. The number of halogens is 1. The van der Waals surface area contributed by atoms with Gasteiger partial charge in [0, 0.05) is 0 Å². The number of nitrogens with two attached hydrogens (primary N) is 1. The summed E-state index contributed by atoms with van der Waals surface area (Å²) in [5.74, 6) is 4.84. The lowest BCUT2D eigenvalue weighted by Crippen LogP contribution is -2.37. The third-order valence-corrected chi connectivity index (χ3v) is 2.91. The highest BCUT2D eigenvalue weighted by Gasteiger charge is 2.22. The van der Waals surface area contributed by atoms with Gasteiger partial charge in [0.15, 0.2) is 0 Å². The van der Waals surface area contributed by atoms with Crippen molar-refractivity contribution in [2.24, 2.45) is 5.84 Å². The minimum Gasteiger partial charge on any atom is -0.292 e. The van der Waals surface area contributed by atoms with Crippen LogP contribution in [0, 0.1) is 13.8 Å². The Morgan fingerprint density at radius 2 is 2.27 bits per heavy atom. The summed E-state index contributed by atoms with van der Waals surface area (Å²) in [6, 6.07) is -0.402. The van der Waals surface area contributed by atoms with Crippen molar-refractivity contribution in [3.63, 3.8) is 0 Å². The van der Waals surface area contributed by atoms with Crippen molar-refractivity contribution in [2.75, 3.05) is 0 Å². The molecule has 15 heavy (non-hydrogen) atoms. The fourth-order valence-electron chi connectivity index (χ4n) is 1.51. The summed E-state index contributed by atoms with van der Waals surface area (Å²) in [5.41, 5.74) is 3.63. The van der Waals surface area contributed by atoms with Gasteiger partial charge in [0.2, 0.25) is 0 Å². The Morgan fingerprint density at radius 3 is 2.60 bits per heavy atom. The van der Waals surface area contributed by atoms with Gasteiger partial charge in [-0.25, -0.2) is 5.84 Å². The Bertz CT molecular complexity index is 374. The summed E-state index contributed by atoms with van der Waals surface area (Å²) >= 11 is 6.00. The fraction of sp³-hybridized carbons (Fsp3) is 0.556. The topological polar surface area (TPSA) is 72.9 Å². The molecule has 0 saturated carbocycles. The van der Waals surface area contributed by atoms with Crippen LogP contribution in [0.15, 0.2) is 0 Å². The standard InChI is InChI=1S/C9H15ClN4O/c1-4-7(9(15)12-11)14-6(3)8(10)5(2)13-14/h7H,4,11H2,1-3H3,(H,12,15)/t7-/m0/s1. The first-order valence-electron chi connectivity index (χ1n) is 4.74. The van der Waals surface area contributed by atoms with E-state index in [1.165, 1.54) is 0 Å². The van der Waals surface area contributed by atoms with E-state index in [0.29, 0.717) is 11.4 Å². The van der Waals surface area contributed by atoms with E-state index < -0.39 is 6.04 Å². The number of amides is 1. The number of carbonyl (C=O) groups is 1. The molecule has 3 N–H and O–H groups in total. The van der Waals surface area contributed by atoms with Crippen molar-refractivity contribution in [2.45, 2.75) is 33.2 Å². The van der Waals surface area contributed by atoms with Gasteiger partial charge in [0.1, 0.15) is 6.04 Å². The van der Waals surface area contributed by atoms with Gasteiger partial charge in [0.05, 0.1) is 16.4 Å². The number of nitrogens with one attached hydrogen (secondary N) is 1. The zero-order valence-electron chi connectivity index (χ0n) is 9.04. The maximum absolute atomic E-state index is 11.5. The van der Waals surface area contributed by atoms with E-state index in [2.05, 4.69) is 10.5 Å². The van der Waals surface area contributed by atoms with Crippen LogP contribution in [0.4, 0.5) is 0 Å². The number of aryl methyl sites for hydroxylation is 1. The molecule has 0 bridgehead atoms. The lowest BCUT2D eigenvalue weighted by molar-refractivity contribution is -0.124. The highest BCUT2D eigenvalue weighted by Crippen LogP contribution is 2.23. The van der Waals surface area contributed by atoms with E-state index in [0.717, 1.165) is 11.4 Å². The molecule has 0 fully saturated rings. The van der Waals surface area contributed by atoms with Crippen LogP contribution >= 0.6 is 11.6 Å². The van der Waals surface area contributed by atoms with Gasteiger partial charge >= 0.3 is 0 Å². The van der Waals surface area contributed by atoms with Gasteiger partial charge in [-0.3, -0.25) is 14.9 Å². The molecule has 1 atom stereocenters. The Kier molecular flexibility index (Phi) is 3.71. The highest BCUT2D eigenvalue weighted by molar-refractivity contribution is 6.31. The molecule has 0 spiro atoms. The summed E-state index contributed by atoms with van der Waals surface area (Å²) in [7, 11) is 0. The maximum Gasteiger partial charge on any atom is 0.258 e. The lowest BCUT2D eigenvalue weighted by atomic mass is 10.2. The molecule has 1 heterocycles. The molecular weight excluding hydrogens is 216 g/mol. The van der Waals surface area contributed by atoms with Crippen LogP contribution in [-0.2, 0) is 4.79 Å². The molecule has 1 rings (SSSR count).